The molecule has 40 heavy (non-hydrogen) atoms. The lowest BCUT2D eigenvalue weighted by Crippen LogP contribution is -2.28. The van der Waals surface area contributed by atoms with Gasteiger partial charge in [0.05, 0.1) is 12.2 Å². The van der Waals surface area contributed by atoms with E-state index in [4.69, 9.17) is 0 Å². The van der Waals surface area contributed by atoms with Crippen molar-refractivity contribution in [1.82, 2.24) is 9.88 Å². The molecule has 2 heterocycles. The monoisotopic (exact) mass is 553 g/mol. The summed E-state index contributed by atoms with van der Waals surface area (Å²) < 4.78 is 0. The molecule has 0 unspecified atom stereocenters. The van der Waals surface area contributed by atoms with Crippen LogP contribution >= 0.6 is 11.3 Å². The highest BCUT2D eigenvalue weighted by Gasteiger charge is 2.15. The van der Waals surface area contributed by atoms with Crippen molar-refractivity contribution in [3.63, 3.8) is 0 Å². The zero-order chi connectivity index (χ0) is 27.6. The van der Waals surface area contributed by atoms with Gasteiger partial charge in [0.2, 0.25) is 0 Å². The van der Waals surface area contributed by atoms with E-state index in [9.17, 15) is 9.90 Å². The number of carboxylic acid groups (broad SMARTS) is 1. The molecule has 1 saturated carbocycles. The maximum atomic E-state index is 11.4. The molecule has 0 bridgehead atoms. The Bertz CT molecular complexity index is 1330. The number of carboxylic acids is 1. The molecule has 2 aromatic carbocycles. The van der Waals surface area contributed by atoms with E-state index in [-0.39, 0.29) is 6.54 Å². The van der Waals surface area contributed by atoms with Crippen molar-refractivity contribution >= 4 is 23.0 Å². The molecular weight excluding hydrogens is 514 g/mol. The third kappa shape index (κ3) is 8.26. The van der Waals surface area contributed by atoms with Gasteiger partial charge in [0.1, 0.15) is 0 Å². The Hall–Kier alpha value is -3.48. The van der Waals surface area contributed by atoms with Crippen LogP contribution in [0.4, 0.5) is 5.69 Å². The van der Waals surface area contributed by atoms with Gasteiger partial charge in [-0.2, -0.15) is 0 Å². The van der Waals surface area contributed by atoms with Crippen molar-refractivity contribution in [2.75, 3.05) is 18.4 Å². The van der Waals surface area contributed by atoms with Crippen molar-refractivity contribution in [2.24, 2.45) is 0 Å². The molecule has 4 aromatic rings. The lowest BCUT2D eigenvalue weighted by atomic mass is 9.84. The predicted molar refractivity (Wildman–Crippen MR) is 165 cm³/mol. The number of anilines is 1. The Kier molecular flexibility index (Phi) is 9.99. The molecule has 6 heteroatoms. The molecule has 0 atom stereocenters. The molecule has 2 aromatic heterocycles. The van der Waals surface area contributed by atoms with Crippen molar-refractivity contribution in [3.8, 4) is 10.4 Å². The van der Waals surface area contributed by atoms with Gasteiger partial charge in [-0.05, 0) is 84.7 Å². The number of pyridine rings is 1. The number of aromatic nitrogens is 1. The quantitative estimate of drug-likeness (QED) is 0.164. The maximum Gasteiger partial charge on any atom is 0.317 e. The summed E-state index contributed by atoms with van der Waals surface area (Å²) in [5, 5.41) is 12.9. The van der Waals surface area contributed by atoms with Crippen molar-refractivity contribution in [2.45, 2.75) is 64.0 Å². The van der Waals surface area contributed by atoms with Crippen LogP contribution in [0.1, 0.15) is 66.1 Å². The standard InChI is InChI=1S/C34H39N3O2S/c38-34(39)25-37(23-31-10-4-5-21-36-31)24-32-19-20-33(40-32)29-15-17-30(18-16-29)35-22-6-7-26-11-13-28(14-12-26)27-8-2-1-3-9-27/h4-5,10-21,27,35H,1-3,6-9,22-25H2,(H,38,39). The summed E-state index contributed by atoms with van der Waals surface area (Å²) in [6.07, 6.45) is 10.8. The Morgan fingerprint density at radius 2 is 1.73 bits per heavy atom. The minimum atomic E-state index is -0.830. The smallest absolute Gasteiger partial charge is 0.317 e. The number of carbonyl (C=O) groups is 1. The summed E-state index contributed by atoms with van der Waals surface area (Å²) in [4.78, 5) is 20.0. The minimum absolute atomic E-state index is 0.0179. The average Bonchev–Trinajstić information content (AvgIpc) is 3.45. The summed E-state index contributed by atoms with van der Waals surface area (Å²) in [5.41, 5.74) is 6.13. The molecular formula is C34H39N3O2S. The highest BCUT2D eigenvalue weighted by Crippen LogP contribution is 2.33. The van der Waals surface area contributed by atoms with E-state index in [1.165, 1.54) is 53.7 Å². The number of thiophene rings is 1. The zero-order valence-corrected chi connectivity index (χ0v) is 23.9. The zero-order valence-electron chi connectivity index (χ0n) is 23.1. The van der Waals surface area contributed by atoms with E-state index in [0.29, 0.717) is 13.1 Å². The average molecular weight is 554 g/mol. The highest BCUT2D eigenvalue weighted by atomic mass is 32.1. The SMILES string of the molecule is O=C(O)CN(Cc1ccccn1)Cc1ccc(-c2ccc(NCCCc3ccc(C4CCCCC4)cc3)cc2)s1. The first-order chi connectivity index (χ1) is 19.6. The fourth-order valence-corrected chi connectivity index (χ4v) is 6.64. The van der Waals surface area contributed by atoms with E-state index < -0.39 is 5.97 Å². The topological polar surface area (TPSA) is 65.5 Å². The fourth-order valence-electron chi connectivity index (χ4n) is 5.59. The number of rotatable bonds is 13. The summed E-state index contributed by atoms with van der Waals surface area (Å²) in [6, 6.07) is 27.9. The van der Waals surface area contributed by atoms with E-state index in [1.807, 2.05) is 23.1 Å². The van der Waals surface area contributed by atoms with Gasteiger partial charge in [-0.3, -0.25) is 14.7 Å². The molecule has 0 saturated heterocycles. The molecule has 208 valence electrons. The fraction of sp³-hybridized carbons (Fsp3) is 0.353. The van der Waals surface area contributed by atoms with Crippen LogP contribution in [0, 0.1) is 0 Å². The third-order valence-corrected chi connectivity index (χ3v) is 8.83. The molecule has 1 aliphatic rings. The van der Waals surface area contributed by atoms with Gasteiger partial charge in [0, 0.05) is 41.3 Å². The van der Waals surface area contributed by atoms with Gasteiger partial charge in [-0.25, -0.2) is 0 Å². The molecule has 2 N–H and O–H groups in total. The highest BCUT2D eigenvalue weighted by molar-refractivity contribution is 7.15. The molecule has 5 rings (SSSR count). The van der Waals surface area contributed by atoms with Crippen LogP contribution in [0.15, 0.2) is 85.1 Å². The normalized spacial score (nSPS) is 13.9. The van der Waals surface area contributed by atoms with Crippen LogP contribution in [0.3, 0.4) is 0 Å². The molecule has 0 aliphatic heterocycles. The lowest BCUT2D eigenvalue weighted by molar-refractivity contribution is -0.138. The largest absolute Gasteiger partial charge is 0.480 e. The number of hydrogen-bond donors (Lipinski definition) is 2. The van der Waals surface area contributed by atoms with Crippen LogP contribution in [0.25, 0.3) is 10.4 Å². The van der Waals surface area contributed by atoms with Gasteiger partial charge >= 0.3 is 5.97 Å². The Balaban J connectivity index is 1.08. The van der Waals surface area contributed by atoms with Gasteiger partial charge < -0.3 is 10.4 Å². The first-order valence-corrected chi connectivity index (χ1v) is 15.3. The third-order valence-electron chi connectivity index (χ3n) is 7.71. The van der Waals surface area contributed by atoms with E-state index in [1.54, 1.807) is 17.5 Å². The van der Waals surface area contributed by atoms with E-state index >= 15 is 0 Å². The van der Waals surface area contributed by atoms with Crippen LogP contribution in [-0.4, -0.2) is 34.0 Å². The Morgan fingerprint density at radius 3 is 2.45 bits per heavy atom. The number of benzene rings is 2. The van der Waals surface area contributed by atoms with Gasteiger partial charge in [-0.1, -0.05) is 61.7 Å². The van der Waals surface area contributed by atoms with Crippen molar-refractivity contribution in [3.05, 3.63) is 107 Å². The Labute approximate surface area is 241 Å². The van der Waals surface area contributed by atoms with E-state index in [0.717, 1.165) is 41.6 Å². The number of aryl methyl sites for hydroxylation is 1. The minimum Gasteiger partial charge on any atom is -0.480 e. The molecule has 0 amide bonds. The van der Waals surface area contributed by atoms with Crippen LogP contribution in [0.5, 0.6) is 0 Å². The van der Waals surface area contributed by atoms with Gasteiger partial charge in [0.25, 0.3) is 0 Å². The number of hydrogen-bond acceptors (Lipinski definition) is 5. The Morgan fingerprint density at radius 1 is 0.925 bits per heavy atom. The predicted octanol–water partition coefficient (Wildman–Crippen LogP) is 7.99. The summed E-state index contributed by atoms with van der Waals surface area (Å²) >= 11 is 1.71. The second-order valence-corrected chi connectivity index (χ2v) is 12.0. The molecule has 1 fully saturated rings. The number of aliphatic carboxylic acids is 1. The second-order valence-electron chi connectivity index (χ2n) is 10.8. The van der Waals surface area contributed by atoms with E-state index in [2.05, 4.69) is 71.0 Å². The van der Waals surface area contributed by atoms with Gasteiger partial charge in [0.15, 0.2) is 0 Å². The number of nitrogens with zero attached hydrogens (tertiary/aromatic N) is 2. The first-order valence-electron chi connectivity index (χ1n) is 14.5. The van der Waals surface area contributed by atoms with Gasteiger partial charge in [-0.15, -0.1) is 11.3 Å². The van der Waals surface area contributed by atoms with Crippen molar-refractivity contribution < 1.29 is 9.90 Å². The molecule has 5 nitrogen and oxygen atoms in total. The number of nitrogens with one attached hydrogen (secondary N) is 1. The van der Waals surface area contributed by atoms with Crippen LogP contribution < -0.4 is 5.32 Å². The van der Waals surface area contributed by atoms with Crippen molar-refractivity contribution in [1.29, 1.82) is 0 Å². The molecule has 0 spiro atoms. The molecule has 1 aliphatic carbocycles. The summed E-state index contributed by atoms with van der Waals surface area (Å²) in [7, 11) is 0. The summed E-state index contributed by atoms with van der Waals surface area (Å²) in [6.45, 7) is 2.02. The molecule has 0 radical (unpaired) electrons. The van der Waals surface area contributed by atoms with Crippen LogP contribution in [-0.2, 0) is 24.3 Å². The summed E-state index contributed by atoms with van der Waals surface area (Å²) in [5.74, 6) is -0.0552. The second kappa shape index (κ2) is 14.2. The first kappa shape index (κ1) is 28.1. The maximum absolute atomic E-state index is 11.4. The lowest BCUT2D eigenvalue weighted by Gasteiger charge is -2.22. The van der Waals surface area contributed by atoms with Crippen LogP contribution in [0.2, 0.25) is 0 Å².